The zero-order chi connectivity index (χ0) is 15.9. The molecular weight excluding hydrogens is 292 g/mol. The first-order chi connectivity index (χ1) is 11.3. The lowest BCUT2D eigenvalue weighted by molar-refractivity contribution is -0.124. The van der Waals surface area contributed by atoms with Crippen LogP contribution in [0.2, 0.25) is 0 Å². The molecule has 0 spiro atoms. The van der Waals surface area contributed by atoms with Gasteiger partial charge in [-0.05, 0) is 18.9 Å². The second-order valence-electron chi connectivity index (χ2n) is 6.24. The van der Waals surface area contributed by atoms with E-state index < -0.39 is 0 Å². The second-order valence-corrected chi connectivity index (χ2v) is 6.24. The number of nitrogens with one attached hydrogen (secondary N) is 2. The molecule has 2 aliphatic rings. The number of fused-ring (bicyclic) bond motifs is 1. The molecule has 1 aliphatic heterocycles. The van der Waals surface area contributed by atoms with Gasteiger partial charge in [-0.2, -0.15) is 0 Å². The summed E-state index contributed by atoms with van der Waals surface area (Å²) in [4.78, 5) is 11.9. The van der Waals surface area contributed by atoms with E-state index in [9.17, 15) is 4.79 Å². The summed E-state index contributed by atoms with van der Waals surface area (Å²) >= 11 is 0. The van der Waals surface area contributed by atoms with E-state index in [1.807, 2.05) is 12.1 Å². The molecule has 0 aromatic heterocycles. The van der Waals surface area contributed by atoms with E-state index in [4.69, 9.17) is 9.47 Å². The molecule has 126 valence electrons. The van der Waals surface area contributed by atoms with Crippen LogP contribution in [0.5, 0.6) is 11.5 Å². The average molecular weight is 318 g/mol. The van der Waals surface area contributed by atoms with Gasteiger partial charge in [0, 0.05) is 37.5 Å². The lowest BCUT2D eigenvalue weighted by Gasteiger charge is -2.14. The Morgan fingerprint density at radius 3 is 2.78 bits per heavy atom. The molecular formula is C18H26N2O3. The fraction of sp³-hybridized carbons (Fsp3) is 0.611. The highest BCUT2D eigenvalue weighted by atomic mass is 16.5. The van der Waals surface area contributed by atoms with Crippen molar-refractivity contribution < 1.29 is 14.3 Å². The molecule has 5 heteroatoms. The van der Waals surface area contributed by atoms with Gasteiger partial charge in [-0.15, -0.1) is 0 Å². The molecule has 1 aromatic rings. The van der Waals surface area contributed by atoms with E-state index in [0.29, 0.717) is 26.3 Å². The van der Waals surface area contributed by atoms with Crippen molar-refractivity contribution in [2.24, 2.45) is 5.92 Å². The number of ether oxygens (including phenoxy) is 2. The molecule has 0 saturated heterocycles. The number of hydrogen-bond acceptors (Lipinski definition) is 4. The lowest BCUT2D eigenvalue weighted by Crippen LogP contribution is -2.35. The second kappa shape index (κ2) is 8.20. The molecule has 2 N–H and O–H groups in total. The summed E-state index contributed by atoms with van der Waals surface area (Å²) < 4.78 is 11.5. The molecule has 0 atom stereocenters. The third kappa shape index (κ3) is 4.38. The normalized spacial score (nSPS) is 17.7. The monoisotopic (exact) mass is 318 g/mol. The van der Waals surface area contributed by atoms with E-state index in [1.54, 1.807) is 0 Å². The quantitative estimate of drug-likeness (QED) is 0.790. The first-order valence-electron chi connectivity index (χ1n) is 8.70. The first kappa shape index (κ1) is 16.1. The van der Waals surface area contributed by atoms with Crippen LogP contribution in [0.1, 0.15) is 37.7 Å². The Morgan fingerprint density at radius 2 is 1.91 bits per heavy atom. The Kier molecular flexibility index (Phi) is 5.75. The van der Waals surface area contributed by atoms with Gasteiger partial charge in [0.15, 0.2) is 11.5 Å². The summed E-state index contributed by atoms with van der Waals surface area (Å²) in [6.45, 7) is 3.54. The van der Waals surface area contributed by atoms with Crippen molar-refractivity contribution in [2.75, 3.05) is 26.3 Å². The third-order valence-corrected chi connectivity index (χ3v) is 4.50. The Labute approximate surface area is 137 Å². The molecule has 3 rings (SSSR count). The number of carbonyl (C=O) groups is 1. The minimum Gasteiger partial charge on any atom is -0.490 e. The zero-order valence-electron chi connectivity index (χ0n) is 13.6. The standard InChI is InChI=1S/C18H26N2O3/c21-18(14-5-1-2-6-14)20-10-9-19-13-15-7-3-8-16-17(15)23-12-4-11-22-16/h3,7-8,14,19H,1-2,4-6,9-13H2,(H,20,21). The van der Waals surface area contributed by atoms with Crippen LogP contribution in [-0.2, 0) is 11.3 Å². The zero-order valence-corrected chi connectivity index (χ0v) is 13.6. The number of amides is 1. The van der Waals surface area contributed by atoms with Gasteiger partial charge in [-0.25, -0.2) is 0 Å². The van der Waals surface area contributed by atoms with Crippen molar-refractivity contribution in [3.05, 3.63) is 23.8 Å². The number of hydrogen-bond donors (Lipinski definition) is 2. The predicted octanol–water partition coefficient (Wildman–Crippen LogP) is 2.24. The van der Waals surface area contributed by atoms with Gasteiger partial charge in [0.05, 0.1) is 13.2 Å². The molecule has 5 nitrogen and oxygen atoms in total. The molecule has 1 saturated carbocycles. The topological polar surface area (TPSA) is 59.6 Å². The van der Waals surface area contributed by atoms with Crippen LogP contribution in [0, 0.1) is 5.92 Å². The van der Waals surface area contributed by atoms with Crippen LogP contribution in [0.25, 0.3) is 0 Å². The van der Waals surface area contributed by atoms with Crippen molar-refractivity contribution in [2.45, 2.75) is 38.6 Å². The summed E-state index contributed by atoms with van der Waals surface area (Å²) in [6.07, 6.45) is 5.39. The van der Waals surface area contributed by atoms with Gasteiger partial charge in [0.25, 0.3) is 0 Å². The van der Waals surface area contributed by atoms with Crippen LogP contribution < -0.4 is 20.1 Å². The van der Waals surface area contributed by atoms with E-state index in [1.165, 1.54) is 12.8 Å². The van der Waals surface area contributed by atoms with Gasteiger partial charge < -0.3 is 20.1 Å². The van der Waals surface area contributed by atoms with E-state index in [-0.39, 0.29) is 11.8 Å². The number of carbonyl (C=O) groups excluding carboxylic acids is 1. The molecule has 1 aromatic carbocycles. The highest BCUT2D eigenvalue weighted by molar-refractivity contribution is 5.78. The Balaban J connectivity index is 1.41. The molecule has 1 amide bonds. The van der Waals surface area contributed by atoms with Gasteiger partial charge in [-0.3, -0.25) is 4.79 Å². The van der Waals surface area contributed by atoms with Crippen LogP contribution >= 0.6 is 0 Å². The maximum atomic E-state index is 11.9. The molecule has 1 aliphatic carbocycles. The Hall–Kier alpha value is -1.75. The van der Waals surface area contributed by atoms with Gasteiger partial charge in [-0.1, -0.05) is 25.0 Å². The molecule has 1 heterocycles. The highest BCUT2D eigenvalue weighted by Gasteiger charge is 2.21. The van der Waals surface area contributed by atoms with Crippen molar-refractivity contribution in [3.8, 4) is 11.5 Å². The minimum absolute atomic E-state index is 0.217. The maximum Gasteiger partial charge on any atom is 0.223 e. The van der Waals surface area contributed by atoms with E-state index in [2.05, 4.69) is 16.7 Å². The van der Waals surface area contributed by atoms with E-state index >= 15 is 0 Å². The van der Waals surface area contributed by atoms with Gasteiger partial charge in [0.2, 0.25) is 5.91 Å². The van der Waals surface area contributed by atoms with Crippen LogP contribution in [0.15, 0.2) is 18.2 Å². The van der Waals surface area contributed by atoms with Crippen molar-refractivity contribution in [1.29, 1.82) is 0 Å². The highest BCUT2D eigenvalue weighted by Crippen LogP contribution is 2.33. The predicted molar refractivity (Wildman–Crippen MR) is 88.7 cm³/mol. The molecule has 0 unspecified atom stereocenters. The molecule has 1 fully saturated rings. The van der Waals surface area contributed by atoms with Crippen molar-refractivity contribution >= 4 is 5.91 Å². The summed E-state index contributed by atoms with van der Waals surface area (Å²) in [6, 6.07) is 6.00. The SMILES string of the molecule is O=C(NCCNCc1cccc2c1OCCCO2)C1CCCC1. The molecule has 0 bridgehead atoms. The molecule has 0 radical (unpaired) electrons. The molecule has 23 heavy (non-hydrogen) atoms. The van der Waals surface area contributed by atoms with E-state index in [0.717, 1.165) is 42.9 Å². The van der Waals surface area contributed by atoms with Crippen molar-refractivity contribution in [1.82, 2.24) is 10.6 Å². The maximum absolute atomic E-state index is 11.9. The third-order valence-electron chi connectivity index (χ3n) is 4.50. The fourth-order valence-corrected chi connectivity index (χ4v) is 3.22. The lowest BCUT2D eigenvalue weighted by atomic mass is 10.1. The number of rotatable bonds is 6. The largest absolute Gasteiger partial charge is 0.490 e. The Bertz CT molecular complexity index is 527. The average Bonchev–Trinajstić information content (AvgIpc) is 3.00. The fourth-order valence-electron chi connectivity index (χ4n) is 3.22. The summed E-state index contributed by atoms with van der Waals surface area (Å²) in [5.41, 5.74) is 1.10. The van der Waals surface area contributed by atoms with Crippen LogP contribution in [-0.4, -0.2) is 32.2 Å². The summed E-state index contributed by atoms with van der Waals surface area (Å²) in [7, 11) is 0. The minimum atomic E-state index is 0.217. The van der Waals surface area contributed by atoms with Crippen molar-refractivity contribution in [3.63, 3.8) is 0 Å². The van der Waals surface area contributed by atoms with Gasteiger partial charge >= 0.3 is 0 Å². The smallest absolute Gasteiger partial charge is 0.223 e. The van der Waals surface area contributed by atoms with Crippen LogP contribution in [0.4, 0.5) is 0 Å². The van der Waals surface area contributed by atoms with Crippen LogP contribution in [0.3, 0.4) is 0 Å². The summed E-state index contributed by atoms with van der Waals surface area (Å²) in [5, 5.41) is 6.39. The number of para-hydroxylation sites is 1. The van der Waals surface area contributed by atoms with Gasteiger partial charge in [0.1, 0.15) is 0 Å². The number of benzene rings is 1. The first-order valence-corrected chi connectivity index (χ1v) is 8.70. The Morgan fingerprint density at radius 1 is 1.09 bits per heavy atom. The summed E-state index contributed by atoms with van der Waals surface area (Å²) in [5.74, 6) is 2.14.